The predicted molar refractivity (Wildman–Crippen MR) is 135 cm³/mol. The van der Waals surface area contributed by atoms with E-state index in [9.17, 15) is 9.59 Å². The van der Waals surface area contributed by atoms with Gasteiger partial charge in [0, 0.05) is 50.5 Å². The SMILES string of the molecule is Cc1ccc(NC(=O)N2CCN(Cc3nc4cc(C(=O)NC(C)C)ccc4n3C)CC2)c(C)c1. The monoisotopic (exact) mass is 462 g/mol. The van der Waals surface area contributed by atoms with E-state index in [-0.39, 0.29) is 18.0 Å². The van der Waals surface area contributed by atoms with Crippen LogP contribution in [0.2, 0.25) is 0 Å². The van der Waals surface area contributed by atoms with Gasteiger partial charge in [-0.2, -0.15) is 0 Å². The first-order chi connectivity index (χ1) is 16.2. The van der Waals surface area contributed by atoms with Gasteiger partial charge in [-0.15, -0.1) is 0 Å². The number of nitrogens with zero attached hydrogens (tertiary/aromatic N) is 4. The van der Waals surface area contributed by atoms with Gasteiger partial charge in [-0.3, -0.25) is 9.69 Å². The van der Waals surface area contributed by atoms with Crippen molar-refractivity contribution in [2.24, 2.45) is 7.05 Å². The topological polar surface area (TPSA) is 82.5 Å². The Balaban J connectivity index is 1.37. The summed E-state index contributed by atoms with van der Waals surface area (Å²) in [6.07, 6.45) is 0. The van der Waals surface area contributed by atoms with E-state index >= 15 is 0 Å². The van der Waals surface area contributed by atoms with Crippen LogP contribution in [0.15, 0.2) is 36.4 Å². The highest BCUT2D eigenvalue weighted by molar-refractivity contribution is 5.97. The maximum atomic E-state index is 12.7. The van der Waals surface area contributed by atoms with Crippen molar-refractivity contribution in [3.8, 4) is 0 Å². The largest absolute Gasteiger partial charge is 0.350 e. The molecule has 2 N–H and O–H groups in total. The Morgan fingerprint density at radius 2 is 1.76 bits per heavy atom. The number of carbonyl (C=O) groups excluding carboxylic acids is 2. The molecule has 180 valence electrons. The van der Waals surface area contributed by atoms with Crippen LogP contribution in [0.3, 0.4) is 0 Å². The van der Waals surface area contributed by atoms with E-state index in [0.717, 1.165) is 41.2 Å². The van der Waals surface area contributed by atoms with Crippen molar-refractivity contribution in [3.05, 3.63) is 58.9 Å². The predicted octanol–water partition coefficient (Wildman–Crippen LogP) is 3.68. The summed E-state index contributed by atoms with van der Waals surface area (Å²) in [6.45, 7) is 11.6. The van der Waals surface area contributed by atoms with Gasteiger partial charge in [-0.1, -0.05) is 17.7 Å². The van der Waals surface area contributed by atoms with Crippen molar-refractivity contribution in [1.82, 2.24) is 24.7 Å². The van der Waals surface area contributed by atoms with Gasteiger partial charge in [0.2, 0.25) is 0 Å². The molecule has 0 radical (unpaired) electrons. The Bertz CT molecular complexity index is 1210. The fourth-order valence-corrected chi connectivity index (χ4v) is 4.34. The van der Waals surface area contributed by atoms with Gasteiger partial charge in [-0.25, -0.2) is 9.78 Å². The number of urea groups is 1. The Morgan fingerprint density at radius 3 is 2.44 bits per heavy atom. The lowest BCUT2D eigenvalue weighted by Crippen LogP contribution is -2.49. The zero-order valence-electron chi connectivity index (χ0n) is 20.7. The number of aromatic nitrogens is 2. The molecule has 34 heavy (non-hydrogen) atoms. The molecule has 0 aliphatic carbocycles. The highest BCUT2D eigenvalue weighted by Crippen LogP contribution is 2.20. The third-order valence-corrected chi connectivity index (χ3v) is 6.30. The van der Waals surface area contributed by atoms with Crippen LogP contribution in [-0.4, -0.2) is 63.5 Å². The van der Waals surface area contributed by atoms with Crippen molar-refractivity contribution in [2.75, 3.05) is 31.5 Å². The van der Waals surface area contributed by atoms with Gasteiger partial charge >= 0.3 is 6.03 Å². The fourth-order valence-electron chi connectivity index (χ4n) is 4.34. The van der Waals surface area contributed by atoms with Gasteiger partial charge in [0.05, 0.1) is 17.6 Å². The van der Waals surface area contributed by atoms with Crippen molar-refractivity contribution in [1.29, 1.82) is 0 Å². The minimum atomic E-state index is -0.0840. The van der Waals surface area contributed by atoms with E-state index < -0.39 is 0 Å². The van der Waals surface area contributed by atoms with E-state index in [1.807, 2.05) is 70.0 Å². The Labute approximate surface area is 200 Å². The molecule has 0 unspecified atom stereocenters. The van der Waals surface area contributed by atoms with Gasteiger partial charge in [0.1, 0.15) is 5.82 Å². The lowest BCUT2D eigenvalue weighted by atomic mass is 10.1. The van der Waals surface area contributed by atoms with Crippen molar-refractivity contribution < 1.29 is 9.59 Å². The number of imidazole rings is 1. The van der Waals surface area contributed by atoms with Crippen LogP contribution in [0.4, 0.5) is 10.5 Å². The zero-order chi connectivity index (χ0) is 24.4. The third kappa shape index (κ3) is 5.22. The number of anilines is 1. The first-order valence-corrected chi connectivity index (χ1v) is 11.8. The van der Waals surface area contributed by atoms with Crippen LogP contribution in [0.25, 0.3) is 11.0 Å². The van der Waals surface area contributed by atoms with Crippen LogP contribution >= 0.6 is 0 Å². The number of amides is 3. The summed E-state index contributed by atoms with van der Waals surface area (Å²) in [5.41, 5.74) is 5.55. The zero-order valence-corrected chi connectivity index (χ0v) is 20.7. The number of piperazine rings is 1. The summed E-state index contributed by atoms with van der Waals surface area (Å²) in [6, 6.07) is 11.7. The number of carbonyl (C=O) groups is 2. The second kappa shape index (κ2) is 9.85. The average molecular weight is 463 g/mol. The molecule has 1 aliphatic rings. The number of benzene rings is 2. The van der Waals surface area contributed by atoms with Crippen LogP contribution < -0.4 is 10.6 Å². The molecule has 8 heteroatoms. The Hall–Kier alpha value is -3.39. The highest BCUT2D eigenvalue weighted by atomic mass is 16.2. The maximum absolute atomic E-state index is 12.7. The van der Waals surface area contributed by atoms with E-state index in [0.29, 0.717) is 25.2 Å². The minimum absolute atomic E-state index is 0.0541. The van der Waals surface area contributed by atoms with Crippen molar-refractivity contribution in [3.63, 3.8) is 0 Å². The summed E-state index contributed by atoms with van der Waals surface area (Å²) < 4.78 is 2.08. The van der Waals surface area contributed by atoms with Crippen LogP contribution in [0.1, 0.15) is 41.2 Å². The van der Waals surface area contributed by atoms with E-state index in [2.05, 4.69) is 26.2 Å². The number of fused-ring (bicyclic) bond motifs is 1. The molecule has 1 aliphatic heterocycles. The third-order valence-electron chi connectivity index (χ3n) is 6.30. The second-order valence-electron chi connectivity index (χ2n) is 9.43. The quantitative estimate of drug-likeness (QED) is 0.606. The van der Waals surface area contributed by atoms with Gasteiger partial charge in [0.15, 0.2) is 0 Å². The second-order valence-corrected chi connectivity index (χ2v) is 9.43. The van der Waals surface area contributed by atoms with Gasteiger partial charge in [-0.05, 0) is 57.5 Å². The number of nitrogens with one attached hydrogen (secondary N) is 2. The molecule has 1 saturated heterocycles. The van der Waals surface area contributed by atoms with Crippen molar-refractivity contribution in [2.45, 2.75) is 40.3 Å². The Morgan fingerprint density at radius 1 is 1.03 bits per heavy atom. The minimum Gasteiger partial charge on any atom is -0.350 e. The molecule has 0 spiro atoms. The highest BCUT2D eigenvalue weighted by Gasteiger charge is 2.23. The number of rotatable bonds is 5. The van der Waals surface area contributed by atoms with Gasteiger partial charge in [0.25, 0.3) is 5.91 Å². The summed E-state index contributed by atoms with van der Waals surface area (Å²) in [4.78, 5) is 34.1. The fraction of sp³-hybridized carbons (Fsp3) is 0.423. The molecule has 1 fully saturated rings. The number of hydrogen-bond donors (Lipinski definition) is 2. The first kappa shape index (κ1) is 23.8. The molecule has 0 atom stereocenters. The maximum Gasteiger partial charge on any atom is 0.321 e. The number of hydrogen-bond acceptors (Lipinski definition) is 4. The van der Waals surface area contributed by atoms with Crippen LogP contribution in [-0.2, 0) is 13.6 Å². The Kier molecular flexibility index (Phi) is 6.88. The van der Waals surface area contributed by atoms with E-state index in [4.69, 9.17) is 4.98 Å². The normalized spacial score (nSPS) is 14.6. The van der Waals surface area contributed by atoms with E-state index in [1.165, 1.54) is 5.56 Å². The van der Waals surface area contributed by atoms with Gasteiger partial charge < -0.3 is 20.1 Å². The molecule has 2 heterocycles. The molecular weight excluding hydrogens is 428 g/mol. The molecule has 4 rings (SSSR count). The van der Waals surface area contributed by atoms with Crippen molar-refractivity contribution >= 4 is 28.7 Å². The molecule has 0 bridgehead atoms. The number of aryl methyl sites for hydroxylation is 3. The summed E-state index contributed by atoms with van der Waals surface area (Å²) >= 11 is 0. The summed E-state index contributed by atoms with van der Waals surface area (Å²) in [5, 5.41) is 5.97. The first-order valence-electron chi connectivity index (χ1n) is 11.8. The molecule has 3 amide bonds. The lowest BCUT2D eigenvalue weighted by molar-refractivity contribution is 0.0943. The molecule has 1 aromatic heterocycles. The average Bonchev–Trinajstić information content (AvgIpc) is 3.10. The summed E-state index contributed by atoms with van der Waals surface area (Å²) in [5.74, 6) is 0.865. The lowest BCUT2D eigenvalue weighted by Gasteiger charge is -2.34. The molecule has 0 saturated carbocycles. The van der Waals surface area contributed by atoms with E-state index in [1.54, 1.807) is 0 Å². The summed E-state index contributed by atoms with van der Waals surface area (Å²) in [7, 11) is 2.01. The van der Waals surface area contributed by atoms with Crippen LogP contribution in [0.5, 0.6) is 0 Å². The standard InChI is InChI=1S/C26H34N6O2/c1-17(2)27-25(33)20-7-9-23-22(15-20)28-24(30(23)5)16-31-10-12-32(13-11-31)26(34)29-21-8-6-18(3)14-19(21)4/h6-9,14-15,17H,10-13,16H2,1-5H3,(H,27,33)(H,29,34). The smallest absolute Gasteiger partial charge is 0.321 e. The van der Waals surface area contributed by atoms with Crippen LogP contribution in [0, 0.1) is 13.8 Å². The molecule has 2 aromatic carbocycles. The molecular formula is C26H34N6O2. The molecule has 8 nitrogen and oxygen atoms in total. The molecule has 3 aromatic rings.